The second-order valence-electron chi connectivity index (χ2n) is 9.30. The Hall–Kier alpha value is -4.36. The highest BCUT2D eigenvalue weighted by Crippen LogP contribution is 2.44. The van der Waals surface area contributed by atoms with E-state index in [2.05, 4.69) is 27.9 Å². The first-order valence-electron chi connectivity index (χ1n) is 12.3. The molecule has 1 saturated carbocycles. The number of halogens is 2. The van der Waals surface area contributed by atoms with Crippen molar-refractivity contribution >= 4 is 29.8 Å². The summed E-state index contributed by atoms with van der Waals surface area (Å²) in [6.45, 7) is 6.76. The molecule has 39 heavy (non-hydrogen) atoms. The molecule has 1 aliphatic carbocycles. The molecule has 0 bridgehead atoms. The Morgan fingerprint density at radius 2 is 2.18 bits per heavy atom. The number of fused-ring (bicyclic) bond motifs is 1. The van der Waals surface area contributed by atoms with Gasteiger partial charge in [-0.15, -0.1) is 0 Å². The Morgan fingerprint density at radius 1 is 1.41 bits per heavy atom. The van der Waals surface area contributed by atoms with E-state index < -0.39 is 17.9 Å². The van der Waals surface area contributed by atoms with Gasteiger partial charge in [0, 0.05) is 24.7 Å². The van der Waals surface area contributed by atoms with E-state index in [1.54, 1.807) is 30.3 Å². The summed E-state index contributed by atoms with van der Waals surface area (Å²) in [5.74, 6) is -3.52. The molecule has 2 unspecified atom stereocenters. The Kier molecular flexibility index (Phi) is 8.21. The second kappa shape index (κ2) is 11.6. The van der Waals surface area contributed by atoms with Gasteiger partial charge >= 0.3 is 0 Å². The van der Waals surface area contributed by atoms with Gasteiger partial charge in [0.1, 0.15) is 6.04 Å². The van der Waals surface area contributed by atoms with Gasteiger partial charge in [0.25, 0.3) is 11.8 Å². The minimum Gasteiger partial charge on any atom is -0.482 e. The molecule has 10 heteroatoms. The Morgan fingerprint density at radius 3 is 2.85 bits per heavy atom. The van der Waals surface area contributed by atoms with Crippen molar-refractivity contribution in [2.24, 2.45) is 10.7 Å². The number of amides is 1. The van der Waals surface area contributed by atoms with Crippen LogP contribution in [-0.4, -0.2) is 49.3 Å². The zero-order chi connectivity index (χ0) is 28.2. The molecule has 1 amide bonds. The molecule has 2 atom stereocenters. The number of carbonyl (C=O) groups is 1. The van der Waals surface area contributed by atoms with Crippen LogP contribution in [0.15, 0.2) is 53.4 Å². The van der Waals surface area contributed by atoms with Crippen LogP contribution in [0.25, 0.3) is 17.7 Å². The average molecular weight is 534 g/mol. The Balaban J connectivity index is 1.53. The molecule has 0 radical (unpaired) electrons. The topological polar surface area (TPSA) is 123 Å². The van der Waals surface area contributed by atoms with E-state index >= 15 is 0 Å². The van der Waals surface area contributed by atoms with Gasteiger partial charge in [-0.25, -0.2) is 13.8 Å². The van der Waals surface area contributed by atoms with E-state index in [4.69, 9.17) is 15.2 Å². The Bertz CT molecular complexity index is 1520. The second-order valence-corrected chi connectivity index (χ2v) is 9.30. The third-order valence-corrected chi connectivity index (χ3v) is 6.50. The molecule has 1 fully saturated rings. The summed E-state index contributed by atoms with van der Waals surface area (Å²) in [7, 11) is 1.37. The van der Waals surface area contributed by atoms with Crippen molar-refractivity contribution in [3.05, 3.63) is 81.3 Å². The van der Waals surface area contributed by atoms with Crippen molar-refractivity contribution in [1.29, 1.82) is 5.26 Å². The number of nitrogens with one attached hydrogen (secondary N) is 1. The predicted molar refractivity (Wildman–Crippen MR) is 144 cm³/mol. The zero-order valence-electron chi connectivity index (χ0n) is 21.7. The monoisotopic (exact) mass is 533 g/mol. The fourth-order valence-electron chi connectivity index (χ4n) is 4.10. The first-order valence-corrected chi connectivity index (χ1v) is 12.3. The number of hydrogen-bond acceptors (Lipinski definition) is 7. The third-order valence-electron chi connectivity index (χ3n) is 6.50. The van der Waals surface area contributed by atoms with Crippen molar-refractivity contribution in [2.45, 2.75) is 37.8 Å². The molecular weight excluding hydrogens is 504 g/mol. The molecule has 1 aromatic heterocycles. The van der Waals surface area contributed by atoms with E-state index in [9.17, 15) is 18.8 Å². The molecular formula is C29H29F2N5O3. The zero-order valence-corrected chi connectivity index (χ0v) is 21.7. The van der Waals surface area contributed by atoms with Gasteiger partial charge in [-0.2, -0.15) is 5.26 Å². The Labute approximate surface area is 224 Å². The molecule has 4 rings (SSSR count). The molecule has 3 N–H and O–H groups in total. The van der Waals surface area contributed by atoms with Gasteiger partial charge in [-0.3, -0.25) is 9.79 Å². The average Bonchev–Trinajstić information content (AvgIpc) is 3.56. The maximum absolute atomic E-state index is 13.3. The number of carbonyl (C=O) groups excluding carboxylic acids is 1. The molecule has 1 aliphatic heterocycles. The normalized spacial score (nSPS) is 21.1. The quantitative estimate of drug-likeness (QED) is 0.397. The van der Waals surface area contributed by atoms with Gasteiger partial charge < -0.3 is 20.5 Å². The molecule has 0 spiro atoms. The number of aromatic nitrogens is 1. The fourth-order valence-corrected chi connectivity index (χ4v) is 4.10. The predicted octanol–water partition coefficient (Wildman–Crippen LogP) is 2.54. The summed E-state index contributed by atoms with van der Waals surface area (Å²) < 4.78 is 37.2. The van der Waals surface area contributed by atoms with Crippen LogP contribution in [-0.2, 0) is 16.1 Å². The highest BCUT2D eigenvalue weighted by atomic mass is 19.3. The van der Waals surface area contributed by atoms with Crippen molar-refractivity contribution in [3.63, 3.8) is 0 Å². The number of nitrogens with two attached hydrogens (primary N) is 1. The lowest BCUT2D eigenvalue weighted by molar-refractivity contribution is 0.0952. The number of pyridine rings is 1. The molecule has 2 aliphatic rings. The number of aliphatic imine (C=N–C) groups is 1. The number of rotatable bonds is 8. The van der Waals surface area contributed by atoms with Crippen LogP contribution >= 0.6 is 0 Å². The number of methoxy groups -OCH3 is 1. The van der Waals surface area contributed by atoms with E-state index in [0.29, 0.717) is 35.4 Å². The maximum Gasteiger partial charge on any atom is 0.272 e. The summed E-state index contributed by atoms with van der Waals surface area (Å²) >= 11 is 0. The van der Waals surface area contributed by atoms with E-state index in [0.717, 1.165) is 16.3 Å². The number of ether oxygens (including phenoxy) is 2. The number of benzene rings is 1. The first-order chi connectivity index (χ1) is 18.7. The standard InChI is InChI=1S/C29H29F2N5O3/c1-4-18-7-8-24(23(27(33)38-3)14-34-26-11-29(26,30)31)36-25(18)9-17(2)13-35-28(37)19-5-6-20-15-39-16-21(12-32)22(20)10-19/h4-10,14,21,26H,2,11,13,15-16,33H2,1,3H3,(H,35,37)/b18-4-,25-9+,27-23-,34-14?. The minimum atomic E-state index is -2.80. The van der Waals surface area contributed by atoms with E-state index in [-0.39, 0.29) is 30.3 Å². The molecule has 1 aromatic carbocycles. The van der Waals surface area contributed by atoms with Crippen LogP contribution in [0.3, 0.4) is 0 Å². The van der Waals surface area contributed by atoms with E-state index in [1.807, 2.05) is 19.1 Å². The van der Waals surface area contributed by atoms with Crippen molar-refractivity contribution in [2.75, 3.05) is 20.3 Å². The minimum absolute atomic E-state index is 0.00395. The number of alkyl halides is 2. The van der Waals surface area contributed by atoms with Gasteiger partial charge in [-0.1, -0.05) is 24.8 Å². The summed E-state index contributed by atoms with van der Waals surface area (Å²) in [5.41, 5.74) is 9.37. The molecule has 2 aromatic rings. The summed E-state index contributed by atoms with van der Waals surface area (Å²) in [4.78, 5) is 21.4. The number of allylic oxidation sites excluding steroid dienone is 1. The van der Waals surface area contributed by atoms with Crippen LogP contribution in [0.5, 0.6) is 0 Å². The lowest BCUT2D eigenvalue weighted by Crippen LogP contribution is -2.31. The number of nitriles is 1. The lowest BCUT2D eigenvalue weighted by atomic mass is 9.92. The molecule has 202 valence electrons. The van der Waals surface area contributed by atoms with Gasteiger partial charge in [0.2, 0.25) is 0 Å². The summed E-state index contributed by atoms with van der Waals surface area (Å²) in [6.07, 6.45) is 4.55. The number of nitrogens with zero attached hydrogens (tertiary/aromatic N) is 3. The highest BCUT2D eigenvalue weighted by Gasteiger charge is 2.57. The summed E-state index contributed by atoms with van der Waals surface area (Å²) in [5, 5.41) is 13.6. The smallest absolute Gasteiger partial charge is 0.272 e. The van der Waals surface area contributed by atoms with E-state index in [1.165, 1.54) is 13.3 Å². The maximum atomic E-state index is 13.3. The summed E-state index contributed by atoms with van der Waals surface area (Å²) in [6, 6.07) is 9.88. The lowest BCUT2D eigenvalue weighted by Gasteiger charge is -2.21. The van der Waals surface area contributed by atoms with Crippen molar-refractivity contribution < 1.29 is 23.0 Å². The van der Waals surface area contributed by atoms with Crippen molar-refractivity contribution in [1.82, 2.24) is 10.3 Å². The van der Waals surface area contributed by atoms with Gasteiger partial charge in [-0.05, 0) is 53.1 Å². The first kappa shape index (κ1) is 27.7. The van der Waals surface area contributed by atoms with Crippen LogP contribution in [0, 0.1) is 11.3 Å². The van der Waals surface area contributed by atoms with Crippen LogP contribution in [0.2, 0.25) is 0 Å². The largest absolute Gasteiger partial charge is 0.482 e. The SMILES string of the molecule is C=C(/C=c1/nc(/C(C=NC2CC2(F)F)=C(/N)OC)cc/c1=C/C)CNC(=O)c1ccc2c(c1)C(C#N)COC2. The van der Waals surface area contributed by atoms with Crippen LogP contribution in [0.4, 0.5) is 8.78 Å². The third kappa shape index (κ3) is 6.38. The highest BCUT2D eigenvalue weighted by molar-refractivity contribution is 6.09. The fraction of sp³-hybridized carbons (Fsp3) is 0.310. The van der Waals surface area contributed by atoms with Gasteiger partial charge in [0.05, 0.1) is 48.9 Å². The molecule has 8 nitrogen and oxygen atoms in total. The number of hydrogen-bond donors (Lipinski definition) is 2. The van der Waals surface area contributed by atoms with Crippen LogP contribution in [0.1, 0.15) is 46.4 Å². The molecule has 2 heterocycles. The van der Waals surface area contributed by atoms with Crippen molar-refractivity contribution in [3.8, 4) is 6.07 Å². The van der Waals surface area contributed by atoms with Gasteiger partial charge in [0.15, 0.2) is 5.88 Å². The molecule has 0 saturated heterocycles. The van der Waals surface area contributed by atoms with Crippen LogP contribution < -0.4 is 21.6 Å².